The molecule has 1 aliphatic rings. The van der Waals surface area contributed by atoms with E-state index in [1.54, 1.807) is 0 Å². The monoisotopic (exact) mass is 142 g/mol. The molecule has 2 heteroatoms. The molecule has 0 aromatic carbocycles. The van der Waals surface area contributed by atoms with Gasteiger partial charge in [-0.1, -0.05) is 0 Å². The molecule has 0 N–H and O–H groups in total. The first-order valence-corrected chi connectivity index (χ1v) is 3.89. The lowest BCUT2D eigenvalue weighted by atomic mass is 9.95. The highest BCUT2D eigenvalue weighted by Crippen LogP contribution is 2.20. The SMILES string of the molecule is [CH2]COC1CCC([O])CC1. The summed E-state index contributed by atoms with van der Waals surface area (Å²) in [7, 11) is 0. The molecule has 0 heterocycles. The van der Waals surface area contributed by atoms with Crippen molar-refractivity contribution in [3.8, 4) is 0 Å². The summed E-state index contributed by atoms with van der Waals surface area (Å²) in [5.41, 5.74) is 0. The minimum atomic E-state index is -0.329. The molecule has 58 valence electrons. The maximum Gasteiger partial charge on any atom is 0.0932 e. The quantitative estimate of drug-likeness (QED) is 0.575. The standard InChI is InChI=1S/C8H14O2/c1-2-10-8-5-3-7(9)4-6-8/h7-8H,1-6H2. The Bertz CT molecular complexity index is 85.3. The zero-order valence-electron chi connectivity index (χ0n) is 6.21. The van der Waals surface area contributed by atoms with E-state index in [0.717, 1.165) is 25.7 Å². The van der Waals surface area contributed by atoms with E-state index in [-0.39, 0.29) is 6.10 Å². The van der Waals surface area contributed by atoms with E-state index < -0.39 is 0 Å². The Balaban J connectivity index is 2.13. The molecule has 1 saturated carbocycles. The van der Waals surface area contributed by atoms with Crippen molar-refractivity contribution in [2.45, 2.75) is 37.9 Å². The smallest absolute Gasteiger partial charge is 0.0932 e. The largest absolute Gasteiger partial charge is 0.378 e. The molecule has 1 fully saturated rings. The molecule has 0 atom stereocenters. The number of ether oxygens (including phenoxy) is 1. The third kappa shape index (κ3) is 2.27. The summed E-state index contributed by atoms with van der Waals surface area (Å²) in [5, 5.41) is 10.8. The van der Waals surface area contributed by atoms with Crippen molar-refractivity contribution >= 4 is 0 Å². The van der Waals surface area contributed by atoms with Crippen LogP contribution in [0.25, 0.3) is 0 Å². The predicted octanol–water partition coefficient (Wildman–Crippen LogP) is 1.58. The van der Waals surface area contributed by atoms with Gasteiger partial charge in [0.1, 0.15) is 0 Å². The maximum absolute atomic E-state index is 10.8. The molecule has 2 nitrogen and oxygen atoms in total. The van der Waals surface area contributed by atoms with Crippen molar-refractivity contribution < 1.29 is 9.84 Å². The van der Waals surface area contributed by atoms with Gasteiger partial charge >= 0.3 is 0 Å². The second kappa shape index (κ2) is 3.94. The zero-order valence-corrected chi connectivity index (χ0v) is 6.21. The van der Waals surface area contributed by atoms with Crippen LogP contribution in [0.4, 0.5) is 0 Å². The van der Waals surface area contributed by atoms with Gasteiger partial charge in [-0.2, -0.15) is 0 Å². The van der Waals surface area contributed by atoms with Gasteiger partial charge in [0.25, 0.3) is 0 Å². The van der Waals surface area contributed by atoms with Crippen molar-refractivity contribution in [3.63, 3.8) is 0 Å². The van der Waals surface area contributed by atoms with Gasteiger partial charge in [-0.3, -0.25) is 0 Å². The molecule has 10 heavy (non-hydrogen) atoms. The zero-order chi connectivity index (χ0) is 7.40. The fourth-order valence-electron chi connectivity index (χ4n) is 1.37. The molecule has 0 unspecified atom stereocenters. The van der Waals surface area contributed by atoms with Crippen LogP contribution in [0.1, 0.15) is 25.7 Å². The van der Waals surface area contributed by atoms with Crippen LogP contribution in [-0.4, -0.2) is 18.8 Å². The average Bonchev–Trinajstić information content (AvgIpc) is 1.95. The molecule has 2 radical (unpaired) electrons. The molecule has 1 rings (SSSR count). The Kier molecular flexibility index (Phi) is 3.16. The minimum absolute atomic E-state index is 0.322. The Morgan fingerprint density at radius 1 is 1.30 bits per heavy atom. The van der Waals surface area contributed by atoms with Crippen LogP contribution in [0.15, 0.2) is 0 Å². The molecule has 0 aromatic rings. The Morgan fingerprint density at radius 3 is 2.40 bits per heavy atom. The van der Waals surface area contributed by atoms with E-state index >= 15 is 0 Å². The van der Waals surface area contributed by atoms with E-state index in [9.17, 15) is 5.11 Å². The first kappa shape index (κ1) is 8.02. The Hall–Kier alpha value is -0.0800. The highest BCUT2D eigenvalue weighted by molar-refractivity contribution is 4.71. The van der Waals surface area contributed by atoms with Gasteiger partial charge in [0, 0.05) is 6.61 Å². The van der Waals surface area contributed by atoms with E-state index in [4.69, 9.17) is 4.74 Å². The lowest BCUT2D eigenvalue weighted by Gasteiger charge is -2.23. The number of hydrogen-bond acceptors (Lipinski definition) is 1. The Morgan fingerprint density at radius 2 is 1.90 bits per heavy atom. The van der Waals surface area contributed by atoms with Gasteiger partial charge in [0.05, 0.1) is 12.2 Å². The molecule has 0 spiro atoms. The van der Waals surface area contributed by atoms with Crippen molar-refractivity contribution in [2.24, 2.45) is 0 Å². The van der Waals surface area contributed by atoms with Crippen LogP contribution >= 0.6 is 0 Å². The minimum Gasteiger partial charge on any atom is -0.378 e. The van der Waals surface area contributed by atoms with E-state index in [1.807, 2.05) is 0 Å². The lowest BCUT2D eigenvalue weighted by Crippen LogP contribution is -2.23. The van der Waals surface area contributed by atoms with E-state index in [2.05, 4.69) is 6.92 Å². The van der Waals surface area contributed by atoms with Gasteiger partial charge in [0.2, 0.25) is 0 Å². The molecule has 1 aliphatic carbocycles. The summed E-state index contributed by atoms with van der Waals surface area (Å²) in [6.07, 6.45) is 3.43. The van der Waals surface area contributed by atoms with E-state index in [0.29, 0.717) is 12.7 Å². The van der Waals surface area contributed by atoms with Crippen molar-refractivity contribution in [3.05, 3.63) is 6.92 Å². The normalized spacial score (nSPS) is 34.2. The molecule has 0 amide bonds. The summed E-state index contributed by atoms with van der Waals surface area (Å²) in [6, 6.07) is 0. The number of rotatable bonds is 2. The fraction of sp³-hybridized carbons (Fsp3) is 0.875. The topological polar surface area (TPSA) is 29.1 Å². The summed E-state index contributed by atoms with van der Waals surface area (Å²) >= 11 is 0. The Labute approximate surface area is 62.2 Å². The van der Waals surface area contributed by atoms with Crippen LogP contribution in [0.3, 0.4) is 0 Å². The first-order chi connectivity index (χ1) is 4.83. The average molecular weight is 142 g/mol. The van der Waals surface area contributed by atoms with Gasteiger partial charge in [-0.25, -0.2) is 5.11 Å². The fourth-order valence-corrected chi connectivity index (χ4v) is 1.37. The predicted molar refractivity (Wildman–Crippen MR) is 38.0 cm³/mol. The molecular formula is C8H14O2. The van der Waals surface area contributed by atoms with Gasteiger partial charge in [-0.05, 0) is 32.6 Å². The van der Waals surface area contributed by atoms with Gasteiger partial charge in [-0.15, -0.1) is 0 Å². The highest BCUT2D eigenvalue weighted by Gasteiger charge is 2.19. The van der Waals surface area contributed by atoms with Gasteiger partial charge in [0.15, 0.2) is 0 Å². The lowest BCUT2D eigenvalue weighted by molar-refractivity contribution is -0.0155. The van der Waals surface area contributed by atoms with Gasteiger partial charge < -0.3 is 4.74 Å². The van der Waals surface area contributed by atoms with Crippen LogP contribution in [-0.2, 0) is 9.84 Å². The van der Waals surface area contributed by atoms with Crippen molar-refractivity contribution in [1.82, 2.24) is 0 Å². The van der Waals surface area contributed by atoms with Crippen molar-refractivity contribution in [1.29, 1.82) is 0 Å². The second-order valence-corrected chi connectivity index (χ2v) is 2.77. The molecule has 0 aliphatic heterocycles. The molecule has 0 saturated heterocycles. The third-order valence-electron chi connectivity index (χ3n) is 1.97. The molecule has 0 bridgehead atoms. The van der Waals surface area contributed by atoms with Crippen LogP contribution in [0, 0.1) is 6.92 Å². The summed E-state index contributed by atoms with van der Waals surface area (Å²) < 4.78 is 5.28. The summed E-state index contributed by atoms with van der Waals surface area (Å²) in [6.45, 7) is 4.13. The molecular weight excluding hydrogens is 128 g/mol. The first-order valence-electron chi connectivity index (χ1n) is 3.89. The third-order valence-corrected chi connectivity index (χ3v) is 1.97. The van der Waals surface area contributed by atoms with Crippen LogP contribution in [0.2, 0.25) is 0 Å². The van der Waals surface area contributed by atoms with Crippen LogP contribution < -0.4 is 0 Å². The van der Waals surface area contributed by atoms with Crippen molar-refractivity contribution in [2.75, 3.05) is 6.61 Å². The molecule has 0 aromatic heterocycles. The van der Waals surface area contributed by atoms with E-state index in [1.165, 1.54) is 0 Å². The summed E-state index contributed by atoms with van der Waals surface area (Å²) in [5.74, 6) is 0. The maximum atomic E-state index is 10.8. The number of hydrogen-bond donors (Lipinski definition) is 0. The summed E-state index contributed by atoms with van der Waals surface area (Å²) in [4.78, 5) is 0. The second-order valence-electron chi connectivity index (χ2n) is 2.77. The van der Waals surface area contributed by atoms with Crippen LogP contribution in [0.5, 0.6) is 0 Å². The highest BCUT2D eigenvalue weighted by atomic mass is 16.5.